The smallest absolute Gasteiger partial charge is 0.221 e. The van der Waals surface area contributed by atoms with Gasteiger partial charge in [-0.2, -0.15) is 0 Å². The molecule has 2 rings (SSSR count). The average molecular weight is 232 g/mol. The molecule has 17 heavy (non-hydrogen) atoms. The number of nitrogens with one attached hydrogen (secondary N) is 2. The summed E-state index contributed by atoms with van der Waals surface area (Å²) < 4.78 is 0. The molecule has 1 heterocycles. The topological polar surface area (TPSA) is 41.1 Å². The van der Waals surface area contributed by atoms with E-state index in [1.54, 1.807) is 0 Å². The van der Waals surface area contributed by atoms with E-state index in [0.717, 1.165) is 6.54 Å². The Hall–Kier alpha value is -1.35. The van der Waals surface area contributed by atoms with Crippen molar-refractivity contribution in [1.29, 1.82) is 0 Å². The zero-order chi connectivity index (χ0) is 12.3. The minimum atomic E-state index is 0.151. The number of carbonyl (C=O) groups excluding carboxylic acids is 1. The summed E-state index contributed by atoms with van der Waals surface area (Å²) in [6.07, 6.45) is 0.593. The lowest BCUT2D eigenvalue weighted by Crippen LogP contribution is -2.36. The van der Waals surface area contributed by atoms with Gasteiger partial charge in [0, 0.05) is 25.0 Å². The number of rotatable bonds is 4. The third-order valence-corrected chi connectivity index (χ3v) is 3.22. The van der Waals surface area contributed by atoms with Crippen LogP contribution in [0.25, 0.3) is 0 Å². The summed E-state index contributed by atoms with van der Waals surface area (Å²) in [4.78, 5) is 11.2. The Morgan fingerprint density at radius 1 is 1.29 bits per heavy atom. The summed E-state index contributed by atoms with van der Waals surface area (Å²) in [6.45, 7) is 5.15. The molecular weight excluding hydrogens is 212 g/mol. The molecule has 0 spiro atoms. The van der Waals surface area contributed by atoms with Crippen LogP contribution >= 0.6 is 0 Å². The molecular formula is C14H20N2O. The van der Waals surface area contributed by atoms with Gasteiger partial charge in [0.05, 0.1) is 0 Å². The van der Waals surface area contributed by atoms with E-state index in [2.05, 4.69) is 48.7 Å². The van der Waals surface area contributed by atoms with Gasteiger partial charge in [-0.1, -0.05) is 44.2 Å². The molecule has 1 saturated heterocycles. The van der Waals surface area contributed by atoms with Crippen molar-refractivity contribution in [3.63, 3.8) is 0 Å². The SMILES string of the molecule is CC(C)C(NC1CNC(=O)C1)c1ccccc1. The van der Waals surface area contributed by atoms with Gasteiger partial charge in [0.2, 0.25) is 5.91 Å². The third kappa shape index (κ3) is 3.07. The molecule has 0 radical (unpaired) electrons. The lowest BCUT2D eigenvalue weighted by Gasteiger charge is -2.26. The molecule has 3 nitrogen and oxygen atoms in total. The highest BCUT2D eigenvalue weighted by atomic mass is 16.1. The van der Waals surface area contributed by atoms with Crippen LogP contribution in [0.15, 0.2) is 30.3 Å². The van der Waals surface area contributed by atoms with Gasteiger partial charge < -0.3 is 10.6 Å². The van der Waals surface area contributed by atoms with E-state index < -0.39 is 0 Å². The van der Waals surface area contributed by atoms with Crippen LogP contribution < -0.4 is 10.6 Å². The van der Waals surface area contributed by atoms with Crippen LogP contribution in [0.2, 0.25) is 0 Å². The Bertz CT molecular complexity index is 375. The molecule has 92 valence electrons. The minimum Gasteiger partial charge on any atom is -0.354 e. The van der Waals surface area contributed by atoms with E-state index in [9.17, 15) is 4.79 Å². The molecule has 1 fully saturated rings. The Morgan fingerprint density at radius 2 is 2.00 bits per heavy atom. The second kappa shape index (κ2) is 5.32. The molecule has 0 bridgehead atoms. The summed E-state index contributed by atoms with van der Waals surface area (Å²) in [6, 6.07) is 11.0. The van der Waals surface area contributed by atoms with Gasteiger partial charge in [-0.15, -0.1) is 0 Å². The summed E-state index contributed by atoms with van der Waals surface area (Å²) in [5.41, 5.74) is 1.29. The Kier molecular flexibility index (Phi) is 3.79. The number of carbonyl (C=O) groups is 1. The average Bonchev–Trinajstić information content (AvgIpc) is 2.73. The van der Waals surface area contributed by atoms with Gasteiger partial charge in [0.15, 0.2) is 0 Å². The predicted molar refractivity (Wildman–Crippen MR) is 68.6 cm³/mol. The first-order valence-electron chi connectivity index (χ1n) is 6.24. The van der Waals surface area contributed by atoms with Crippen LogP contribution in [0.3, 0.4) is 0 Å². The van der Waals surface area contributed by atoms with Gasteiger partial charge in [-0.25, -0.2) is 0 Å². The van der Waals surface area contributed by atoms with Gasteiger partial charge in [0.1, 0.15) is 0 Å². The van der Waals surface area contributed by atoms with Crippen molar-refractivity contribution in [1.82, 2.24) is 10.6 Å². The molecule has 1 aromatic rings. The van der Waals surface area contributed by atoms with E-state index in [4.69, 9.17) is 0 Å². The highest BCUT2D eigenvalue weighted by Gasteiger charge is 2.25. The number of hydrogen-bond acceptors (Lipinski definition) is 2. The fourth-order valence-electron chi connectivity index (χ4n) is 2.31. The molecule has 2 atom stereocenters. The summed E-state index contributed by atoms with van der Waals surface area (Å²) in [5, 5.41) is 6.44. The van der Waals surface area contributed by atoms with E-state index in [1.807, 2.05) is 6.07 Å². The number of hydrogen-bond donors (Lipinski definition) is 2. The molecule has 1 aliphatic heterocycles. The van der Waals surface area contributed by atoms with Crippen molar-refractivity contribution in [2.75, 3.05) is 6.54 Å². The number of amides is 1. The molecule has 1 aliphatic rings. The highest BCUT2D eigenvalue weighted by Crippen LogP contribution is 2.22. The van der Waals surface area contributed by atoms with Crippen LogP contribution in [-0.2, 0) is 4.79 Å². The maximum atomic E-state index is 11.2. The van der Waals surface area contributed by atoms with Crippen molar-refractivity contribution in [2.24, 2.45) is 5.92 Å². The summed E-state index contributed by atoms with van der Waals surface area (Å²) >= 11 is 0. The Balaban J connectivity index is 2.06. The molecule has 1 amide bonds. The van der Waals surface area contributed by atoms with Crippen molar-refractivity contribution >= 4 is 5.91 Å². The Morgan fingerprint density at radius 3 is 2.53 bits per heavy atom. The van der Waals surface area contributed by atoms with Gasteiger partial charge in [-0.3, -0.25) is 4.79 Å². The lowest BCUT2D eigenvalue weighted by molar-refractivity contribution is -0.119. The lowest BCUT2D eigenvalue weighted by atomic mass is 9.95. The molecule has 2 N–H and O–H groups in total. The maximum absolute atomic E-state index is 11.2. The normalized spacial score (nSPS) is 21.6. The number of benzene rings is 1. The quantitative estimate of drug-likeness (QED) is 0.832. The van der Waals surface area contributed by atoms with E-state index in [1.165, 1.54) is 5.56 Å². The van der Waals surface area contributed by atoms with Gasteiger partial charge >= 0.3 is 0 Å². The first kappa shape index (κ1) is 12.1. The second-order valence-electron chi connectivity index (χ2n) is 5.00. The van der Waals surface area contributed by atoms with Crippen molar-refractivity contribution in [3.8, 4) is 0 Å². The second-order valence-corrected chi connectivity index (χ2v) is 5.00. The van der Waals surface area contributed by atoms with Crippen LogP contribution in [-0.4, -0.2) is 18.5 Å². The zero-order valence-electron chi connectivity index (χ0n) is 10.4. The van der Waals surface area contributed by atoms with Gasteiger partial charge in [-0.05, 0) is 11.5 Å². The fraction of sp³-hybridized carbons (Fsp3) is 0.500. The molecule has 0 saturated carbocycles. The fourth-order valence-corrected chi connectivity index (χ4v) is 2.31. The molecule has 2 unspecified atom stereocenters. The minimum absolute atomic E-state index is 0.151. The van der Waals surface area contributed by atoms with Crippen molar-refractivity contribution < 1.29 is 4.79 Å². The van der Waals surface area contributed by atoms with E-state index in [0.29, 0.717) is 18.4 Å². The van der Waals surface area contributed by atoms with Crippen LogP contribution in [0.1, 0.15) is 31.9 Å². The standard InChI is InChI=1S/C14H20N2O/c1-10(2)14(11-6-4-3-5-7-11)16-12-8-13(17)15-9-12/h3-7,10,12,14,16H,8-9H2,1-2H3,(H,15,17). The first-order valence-corrected chi connectivity index (χ1v) is 6.24. The first-order chi connectivity index (χ1) is 8.16. The van der Waals surface area contributed by atoms with Crippen molar-refractivity contribution in [3.05, 3.63) is 35.9 Å². The van der Waals surface area contributed by atoms with Crippen LogP contribution in [0.5, 0.6) is 0 Å². The van der Waals surface area contributed by atoms with Gasteiger partial charge in [0.25, 0.3) is 0 Å². The maximum Gasteiger partial charge on any atom is 0.221 e. The Labute approximate surface area is 103 Å². The summed E-state index contributed by atoms with van der Waals surface area (Å²) in [5.74, 6) is 0.658. The third-order valence-electron chi connectivity index (χ3n) is 3.22. The monoisotopic (exact) mass is 232 g/mol. The highest BCUT2D eigenvalue weighted by molar-refractivity contribution is 5.78. The predicted octanol–water partition coefficient (Wildman–Crippen LogP) is 1.86. The summed E-state index contributed by atoms with van der Waals surface area (Å²) in [7, 11) is 0. The zero-order valence-corrected chi connectivity index (χ0v) is 10.4. The molecule has 1 aromatic carbocycles. The van der Waals surface area contributed by atoms with Crippen LogP contribution in [0.4, 0.5) is 0 Å². The van der Waals surface area contributed by atoms with E-state index in [-0.39, 0.29) is 11.9 Å². The molecule has 0 aromatic heterocycles. The van der Waals surface area contributed by atoms with E-state index >= 15 is 0 Å². The largest absolute Gasteiger partial charge is 0.354 e. The molecule has 3 heteroatoms. The van der Waals surface area contributed by atoms with Crippen molar-refractivity contribution in [2.45, 2.75) is 32.4 Å². The van der Waals surface area contributed by atoms with Crippen LogP contribution in [0, 0.1) is 5.92 Å². The molecule has 0 aliphatic carbocycles.